The van der Waals surface area contributed by atoms with Gasteiger partial charge < -0.3 is 15.2 Å². The van der Waals surface area contributed by atoms with Gasteiger partial charge in [-0.05, 0) is 39.3 Å². The number of aliphatic carboxylic acids is 1. The molecule has 1 atom stereocenters. The largest absolute Gasteiger partial charge is 0.481 e. The molecule has 5 nitrogen and oxygen atoms in total. The number of hydrogen-bond acceptors (Lipinski definition) is 3. The highest BCUT2D eigenvalue weighted by Gasteiger charge is 2.23. The summed E-state index contributed by atoms with van der Waals surface area (Å²) in [6.45, 7) is 4.94. The van der Waals surface area contributed by atoms with Crippen molar-refractivity contribution in [1.29, 1.82) is 0 Å². The molecule has 1 unspecified atom stereocenters. The summed E-state index contributed by atoms with van der Waals surface area (Å²) in [5.41, 5.74) is -1.04. The zero-order valence-corrected chi connectivity index (χ0v) is 12.7. The van der Waals surface area contributed by atoms with Gasteiger partial charge in [-0.15, -0.1) is 0 Å². The lowest BCUT2D eigenvalue weighted by Crippen LogP contribution is -2.41. The van der Waals surface area contributed by atoms with Crippen molar-refractivity contribution in [3.8, 4) is 0 Å². The molecule has 0 radical (unpaired) electrons. The van der Waals surface area contributed by atoms with E-state index in [1.165, 1.54) is 6.07 Å². The highest BCUT2D eigenvalue weighted by atomic mass is 19.1. The van der Waals surface area contributed by atoms with Crippen LogP contribution < -0.4 is 5.32 Å². The lowest BCUT2D eigenvalue weighted by Gasteiger charge is -2.23. The number of halogens is 2. The molecule has 0 saturated carbocycles. The Labute approximate surface area is 127 Å². The number of carbonyl (C=O) groups is 2. The number of alkyl carbamates (subject to hydrolysis) is 1. The summed E-state index contributed by atoms with van der Waals surface area (Å²) in [4.78, 5) is 22.6. The lowest BCUT2D eigenvalue weighted by molar-refractivity contribution is -0.137. The molecule has 122 valence electrons. The average Bonchev–Trinajstić information content (AvgIpc) is 2.30. The molecule has 2 N–H and O–H groups in total. The molecule has 1 aromatic carbocycles. The topological polar surface area (TPSA) is 75.6 Å². The van der Waals surface area contributed by atoms with Crippen LogP contribution in [0.4, 0.5) is 13.6 Å². The van der Waals surface area contributed by atoms with Gasteiger partial charge in [0.25, 0.3) is 0 Å². The molecule has 7 heteroatoms. The van der Waals surface area contributed by atoms with Gasteiger partial charge in [0, 0.05) is 11.6 Å². The number of carboxylic acid groups (broad SMARTS) is 1. The van der Waals surface area contributed by atoms with Crippen LogP contribution >= 0.6 is 0 Å². The second kappa shape index (κ2) is 7.20. The summed E-state index contributed by atoms with van der Waals surface area (Å²) in [7, 11) is 0. The van der Waals surface area contributed by atoms with Crippen molar-refractivity contribution in [2.75, 3.05) is 0 Å². The van der Waals surface area contributed by atoms with Gasteiger partial charge in [-0.1, -0.05) is 6.07 Å². The molecule has 0 fully saturated rings. The smallest absolute Gasteiger partial charge is 0.407 e. The number of ether oxygens (including phenoxy) is 1. The molecule has 0 aliphatic carbocycles. The van der Waals surface area contributed by atoms with E-state index in [0.29, 0.717) is 0 Å². The van der Waals surface area contributed by atoms with Gasteiger partial charge in [0.2, 0.25) is 0 Å². The minimum absolute atomic E-state index is 0.273. The summed E-state index contributed by atoms with van der Waals surface area (Å²) in [5.74, 6) is -2.78. The normalized spacial score (nSPS) is 12.6. The summed E-state index contributed by atoms with van der Waals surface area (Å²) in [5, 5.41) is 11.2. The number of benzene rings is 1. The molecule has 22 heavy (non-hydrogen) atoms. The first-order valence-electron chi connectivity index (χ1n) is 6.72. The van der Waals surface area contributed by atoms with Crippen LogP contribution in [0, 0.1) is 11.6 Å². The fraction of sp³-hybridized carbons (Fsp3) is 0.467. The quantitative estimate of drug-likeness (QED) is 0.876. The summed E-state index contributed by atoms with van der Waals surface area (Å²) in [6, 6.07) is 2.37. The van der Waals surface area contributed by atoms with E-state index >= 15 is 0 Å². The molecule has 1 rings (SSSR count). The predicted molar refractivity (Wildman–Crippen MR) is 75.5 cm³/mol. The summed E-state index contributed by atoms with van der Waals surface area (Å²) in [6.07, 6.45) is -1.60. The highest BCUT2D eigenvalue weighted by molar-refractivity contribution is 5.71. The number of hydrogen-bond donors (Lipinski definition) is 2. The molecule has 0 heterocycles. The predicted octanol–water partition coefficient (Wildman–Crippen LogP) is 2.88. The maximum atomic E-state index is 13.6. The Bertz CT molecular complexity index is 535. The van der Waals surface area contributed by atoms with Crippen molar-refractivity contribution in [3.63, 3.8) is 0 Å². The van der Waals surface area contributed by atoms with Gasteiger partial charge in [0.15, 0.2) is 0 Å². The summed E-state index contributed by atoms with van der Waals surface area (Å²) < 4.78 is 32.3. The fourth-order valence-electron chi connectivity index (χ4n) is 1.83. The Kier molecular flexibility index (Phi) is 5.84. The third kappa shape index (κ3) is 6.07. The van der Waals surface area contributed by atoms with Crippen molar-refractivity contribution in [2.45, 2.75) is 45.3 Å². The van der Waals surface area contributed by atoms with Crippen molar-refractivity contribution < 1.29 is 28.2 Å². The molecule has 0 bridgehead atoms. The van der Waals surface area contributed by atoms with Crippen molar-refractivity contribution in [1.82, 2.24) is 5.32 Å². The van der Waals surface area contributed by atoms with Gasteiger partial charge in [-0.25, -0.2) is 13.6 Å². The molecule has 0 aliphatic heterocycles. The second-order valence-electron chi connectivity index (χ2n) is 5.85. The molecule has 1 aromatic rings. The monoisotopic (exact) mass is 315 g/mol. The van der Waals surface area contributed by atoms with E-state index in [9.17, 15) is 18.4 Å². The van der Waals surface area contributed by atoms with Crippen LogP contribution in [-0.2, 0) is 16.0 Å². The lowest BCUT2D eigenvalue weighted by atomic mass is 10.0. The number of carbonyl (C=O) groups excluding carboxylic acids is 1. The van der Waals surface area contributed by atoms with E-state index in [2.05, 4.69) is 5.32 Å². The van der Waals surface area contributed by atoms with E-state index in [4.69, 9.17) is 9.84 Å². The van der Waals surface area contributed by atoms with Gasteiger partial charge in [0.1, 0.15) is 17.2 Å². The number of rotatable bonds is 5. The third-order valence-corrected chi connectivity index (χ3v) is 2.65. The Morgan fingerprint density at radius 3 is 2.27 bits per heavy atom. The minimum Gasteiger partial charge on any atom is -0.481 e. The maximum Gasteiger partial charge on any atom is 0.407 e. The molecule has 0 spiro atoms. The fourth-order valence-corrected chi connectivity index (χ4v) is 1.83. The van der Waals surface area contributed by atoms with Crippen molar-refractivity contribution in [2.24, 2.45) is 0 Å². The number of amides is 1. The van der Waals surface area contributed by atoms with Crippen LogP contribution in [-0.4, -0.2) is 28.8 Å². The molecular weight excluding hydrogens is 296 g/mol. The van der Waals surface area contributed by atoms with Crippen LogP contribution in [0.1, 0.15) is 32.8 Å². The zero-order valence-electron chi connectivity index (χ0n) is 12.7. The van der Waals surface area contributed by atoms with E-state index in [-0.39, 0.29) is 12.0 Å². The number of carboxylic acids is 1. The summed E-state index contributed by atoms with van der Waals surface area (Å²) >= 11 is 0. The third-order valence-electron chi connectivity index (χ3n) is 2.65. The maximum absolute atomic E-state index is 13.6. The molecular formula is C15H19F2NO4. The molecule has 0 saturated heterocycles. The van der Waals surface area contributed by atoms with Gasteiger partial charge >= 0.3 is 12.1 Å². The van der Waals surface area contributed by atoms with Crippen LogP contribution in [0.2, 0.25) is 0 Å². The SMILES string of the molecule is CC(C)(C)OC(=O)NC(CC(=O)O)Cc1c(F)cccc1F. The van der Waals surface area contributed by atoms with Crippen LogP contribution in [0.3, 0.4) is 0 Å². The highest BCUT2D eigenvalue weighted by Crippen LogP contribution is 2.16. The van der Waals surface area contributed by atoms with Crippen molar-refractivity contribution >= 4 is 12.1 Å². The van der Waals surface area contributed by atoms with E-state index in [1.54, 1.807) is 20.8 Å². The van der Waals surface area contributed by atoms with Crippen LogP contribution in [0.25, 0.3) is 0 Å². The molecule has 0 aliphatic rings. The van der Waals surface area contributed by atoms with E-state index < -0.39 is 41.8 Å². The Balaban J connectivity index is 2.85. The van der Waals surface area contributed by atoms with Gasteiger partial charge in [-0.3, -0.25) is 4.79 Å². The van der Waals surface area contributed by atoms with Crippen LogP contribution in [0.15, 0.2) is 18.2 Å². The first-order valence-corrected chi connectivity index (χ1v) is 6.72. The zero-order chi connectivity index (χ0) is 16.9. The number of nitrogens with one attached hydrogen (secondary N) is 1. The van der Waals surface area contributed by atoms with E-state index in [0.717, 1.165) is 12.1 Å². The second-order valence-corrected chi connectivity index (χ2v) is 5.85. The van der Waals surface area contributed by atoms with Crippen molar-refractivity contribution in [3.05, 3.63) is 35.4 Å². The van der Waals surface area contributed by atoms with E-state index in [1.807, 2.05) is 0 Å². The molecule has 0 aromatic heterocycles. The Morgan fingerprint density at radius 1 is 1.27 bits per heavy atom. The molecule has 1 amide bonds. The Morgan fingerprint density at radius 2 is 1.82 bits per heavy atom. The standard InChI is InChI=1S/C15H19F2NO4/c1-15(2,3)22-14(21)18-9(8-13(19)20)7-10-11(16)5-4-6-12(10)17/h4-6,9H,7-8H2,1-3H3,(H,18,21)(H,19,20). The first kappa shape index (κ1) is 17.9. The average molecular weight is 315 g/mol. The van der Waals surface area contributed by atoms with Gasteiger partial charge in [0.05, 0.1) is 6.42 Å². The van der Waals surface area contributed by atoms with Gasteiger partial charge in [-0.2, -0.15) is 0 Å². The first-order chi connectivity index (χ1) is 10.1. The Hall–Kier alpha value is -2.18. The van der Waals surface area contributed by atoms with Crippen LogP contribution in [0.5, 0.6) is 0 Å². The minimum atomic E-state index is -1.20.